The number of likely N-dealkylation sites (tertiary alicyclic amines) is 1. The van der Waals surface area contributed by atoms with Crippen molar-refractivity contribution in [3.05, 3.63) is 35.9 Å². The third kappa shape index (κ3) is 4.62. The summed E-state index contributed by atoms with van der Waals surface area (Å²) in [4.78, 5) is 13.3. The molecule has 2 rings (SSSR count). The van der Waals surface area contributed by atoms with E-state index in [2.05, 4.69) is 34.5 Å². The van der Waals surface area contributed by atoms with Crippen molar-refractivity contribution in [3.63, 3.8) is 0 Å². The SMILES string of the molecule is CC(=O)NCC1(O)CCN(CCc2ccccc2)CC1. The molecule has 0 atom stereocenters. The van der Waals surface area contributed by atoms with E-state index in [0.29, 0.717) is 6.54 Å². The van der Waals surface area contributed by atoms with E-state index in [4.69, 9.17) is 0 Å². The number of hydrogen-bond donors (Lipinski definition) is 2. The summed E-state index contributed by atoms with van der Waals surface area (Å²) in [6.07, 6.45) is 2.50. The molecule has 0 saturated carbocycles. The molecule has 1 saturated heterocycles. The first kappa shape index (κ1) is 15.0. The number of carbonyl (C=O) groups is 1. The molecule has 1 aliphatic heterocycles. The topological polar surface area (TPSA) is 52.6 Å². The number of hydrogen-bond acceptors (Lipinski definition) is 3. The standard InChI is InChI=1S/C16H24N2O2/c1-14(19)17-13-16(20)8-11-18(12-9-16)10-7-15-5-3-2-4-6-15/h2-6,20H,7-13H2,1H3,(H,17,19). The van der Waals surface area contributed by atoms with Gasteiger partial charge in [-0.1, -0.05) is 30.3 Å². The van der Waals surface area contributed by atoms with Crippen LogP contribution in [0.3, 0.4) is 0 Å². The number of aliphatic hydroxyl groups is 1. The quantitative estimate of drug-likeness (QED) is 0.849. The van der Waals surface area contributed by atoms with E-state index >= 15 is 0 Å². The van der Waals surface area contributed by atoms with Crippen LogP contribution in [0, 0.1) is 0 Å². The van der Waals surface area contributed by atoms with Crippen LogP contribution in [0.4, 0.5) is 0 Å². The third-order valence-corrected chi connectivity index (χ3v) is 4.01. The molecule has 2 N–H and O–H groups in total. The van der Waals surface area contributed by atoms with E-state index in [9.17, 15) is 9.90 Å². The highest BCUT2D eigenvalue weighted by atomic mass is 16.3. The first-order chi connectivity index (χ1) is 9.57. The molecule has 1 fully saturated rings. The maximum atomic E-state index is 10.9. The molecule has 0 aliphatic carbocycles. The molecule has 20 heavy (non-hydrogen) atoms. The fourth-order valence-electron chi connectivity index (χ4n) is 2.59. The van der Waals surface area contributed by atoms with E-state index in [1.165, 1.54) is 12.5 Å². The van der Waals surface area contributed by atoms with E-state index in [1.54, 1.807) is 0 Å². The number of nitrogens with one attached hydrogen (secondary N) is 1. The molecule has 0 aromatic heterocycles. The van der Waals surface area contributed by atoms with Crippen molar-refractivity contribution in [2.24, 2.45) is 0 Å². The second kappa shape index (κ2) is 6.86. The normalized spacial score (nSPS) is 18.7. The Morgan fingerprint density at radius 2 is 1.95 bits per heavy atom. The lowest BCUT2D eigenvalue weighted by Crippen LogP contribution is -2.50. The van der Waals surface area contributed by atoms with Crippen LogP contribution in [0.5, 0.6) is 0 Å². The van der Waals surface area contributed by atoms with Gasteiger partial charge < -0.3 is 15.3 Å². The summed E-state index contributed by atoms with van der Waals surface area (Å²) in [5.41, 5.74) is 0.626. The van der Waals surface area contributed by atoms with Gasteiger partial charge in [-0.25, -0.2) is 0 Å². The van der Waals surface area contributed by atoms with Gasteiger partial charge in [0.1, 0.15) is 0 Å². The summed E-state index contributed by atoms with van der Waals surface area (Å²) < 4.78 is 0. The van der Waals surface area contributed by atoms with Crippen molar-refractivity contribution >= 4 is 5.91 Å². The lowest BCUT2D eigenvalue weighted by molar-refractivity contribution is -0.120. The minimum Gasteiger partial charge on any atom is -0.388 e. The van der Waals surface area contributed by atoms with Gasteiger partial charge in [-0.3, -0.25) is 4.79 Å². The molecule has 4 nitrogen and oxygen atoms in total. The summed E-state index contributed by atoms with van der Waals surface area (Å²) in [6.45, 7) is 4.67. The van der Waals surface area contributed by atoms with Crippen LogP contribution in [0.15, 0.2) is 30.3 Å². The van der Waals surface area contributed by atoms with E-state index in [-0.39, 0.29) is 5.91 Å². The van der Waals surface area contributed by atoms with Crippen LogP contribution < -0.4 is 5.32 Å². The monoisotopic (exact) mass is 276 g/mol. The molecule has 1 aromatic carbocycles. The maximum absolute atomic E-state index is 10.9. The molecule has 110 valence electrons. The Labute approximate surface area is 120 Å². The first-order valence-electron chi connectivity index (χ1n) is 7.30. The summed E-state index contributed by atoms with van der Waals surface area (Å²) in [6, 6.07) is 10.5. The van der Waals surface area contributed by atoms with Gasteiger partial charge >= 0.3 is 0 Å². The highest BCUT2D eigenvalue weighted by molar-refractivity contribution is 5.72. The number of piperidine rings is 1. The predicted octanol–water partition coefficient (Wildman–Crippen LogP) is 1.19. The Hall–Kier alpha value is -1.39. The molecular formula is C16H24N2O2. The summed E-state index contributed by atoms with van der Waals surface area (Å²) in [5, 5.41) is 13.1. The Morgan fingerprint density at radius 1 is 1.30 bits per heavy atom. The van der Waals surface area contributed by atoms with Gasteiger partial charge in [0.05, 0.1) is 5.60 Å². The second-order valence-corrected chi connectivity index (χ2v) is 5.71. The van der Waals surface area contributed by atoms with Crippen molar-refractivity contribution in [1.29, 1.82) is 0 Å². The first-order valence-corrected chi connectivity index (χ1v) is 7.30. The van der Waals surface area contributed by atoms with E-state index in [0.717, 1.165) is 38.9 Å². The summed E-state index contributed by atoms with van der Waals surface area (Å²) in [7, 11) is 0. The number of rotatable bonds is 5. The van der Waals surface area contributed by atoms with Crippen LogP contribution in [-0.2, 0) is 11.2 Å². The van der Waals surface area contributed by atoms with Crippen molar-refractivity contribution in [2.75, 3.05) is 26.2 Å². The number of benzene rings is 1. The molecular weight excluding hydrogens is 252 g/mol. The molecule has 0 unspecified atom stereocenters. The number of carbonyl (C=O) groups excluding carboxylic acids is 1. The molecule has 1 aromatic rings. The van der Waals surface area contributed by atoms with Crippen LogP contribution in [-0.4, -0.2) is 47.7 Å². The lowest BCUT2D eigenvalue weighted by Gasteiger charge is -2.38. The lowest BCUT2D eigenvalue weighted by atomic mass is 9.91. The van der Waals surface area contributed by atoms with Gasteiger partial charge in [-0.15, -0.1) is 0 Å². The minimum atomic E-state index is -0.727. The zero-order chi connectivity index (χ0) is 14.4. The Bertz CT molecular complexity index is 425. The zero-order valence-corrected chi connectivity index (χ0v) is 12.1. The van der Waals surface area contributed by atoms with Crippen LogP contribution >= 0.6 is 0 Å². The van der Waals surface area contributed by atoms with Crippen molar-refractivity contribution in [1.82, 2.24) is 10.2 Å². The smallest absolute Gasteiger partial charge is 0.216 e. The molecule has 1 amide bonds. The van der Waals surface area contributed by atoms with Crippen molar-refractivity contribution in [3.8, 4) is 0 Å². The van der Waals surface area contributed by atoms with Crippen LogP contribution in [0.2, 0.25) is 0 Å². The largest absolute Gasteiger partial charge is 0.388 e. The van der Waals surface area contributed by atoms with Crippen molar-refractivity contribution < 1.29 is 9.90 Å². The summed E-state index contributed by atoms with van der Waals surface area (Å²) in [5.74, 6) is -0.0788. The van der Waals surface area contributed by atoms with Gasteiger partial charge in [0.25, 0.3) is 0 Å². The third-order valence-electron chi connectivity index (χ3n) is 4.01. The summed E-state index contributed by atoms with van der Waals surface area (Å²) >= 11 is 0. The van der Waals surface area contributed by atoms with E-state index in [1.807, 2.05) is 6.07 Å². The Balaban J connectivity index is 1.72. The average Bonchev–Trinajstić information content (AvgIpc) is 2.46. The average molecular weight is 276 g/mol. The Kier molecular flexibility index (Phi) is 5.15. The number of amides is 1. The molecule has 1 aliphatic rings. The zero-order valence-electron chi connectivity index (χ0n) is 12.1. The predicted molar refractivity (Wildman–Crippen MR) is 79.5 cm³/mol. The van der Waals surface area contributed by atoms with E-state index < -0.39 is 5.60 Å². The van der Waals surface area contributed by atoms with Gasteiger partial charge in [0.15, 0.2) is 0 Å². The Morgan fingerprint density at radius 3 is 2.55 bits per heavy atom. The number of nitrogens with zero attached hydrogens (tertiary/aromatic N) is 1. The maximum Gasteiger partial charge on any atom is 0.216 e. The highest BCUT2D eigenvalue weighted by Crippen LogP contribution is 2.21. The minimum absolute atomic E-state index is 0.0788. The van der Waals surface area contributed by atoms with Gasteiger partial charge in [-0.05, 0) is 24.8 Å². The van der Waals surface area contributed by atoms with Gasteiger partial charge in [0, 0.05) is 33.1 Å². The molecule has 0 spiro atoms. The molecule has 0 bridgehead atoms. The van der Waals surface area contributed by atoms with Crippen molar-refractivity contribution in [2.45, 2.75) is 31.8 Å². The molecule has 4 heteroatoms. The molecule has 0 radical (unpaired) electrons. The second-order valence-electron chi connectivity index (χ2n) is 5.71. The molecule has 1 heterocycles. The highest BCUT2D eigenvalue weighted by Gasteiger charge is 2.32. The van der Waals surface area contributed by atoms with Gasteiger partial charge in [0.2, 0.25) is 5.91 Å². The van der Waals surface area contributed by atoms with Crippen LogP contribution in [0.1, 0.15) is 25.3 Å². The fraction of sp³-hybridized carbons (Fsp3) is 0.562. The van der Waals surface area contributed by atoms with Gasteiger partial charge in [-0.2, -0.15) is 0 Å². The fourth-order valence-corrected chi connectivity index (χ4v) is 2.59. The van der Waals surface area contributed by atoms with Crippen LogP contribution in [0.25, 0.3) is 0 Å².